The predicted octanol–water partition coefficient (Wildman–Crippen LogP) is 7.61. The quantitative estimate of drug-likeness (QED) is 0.290. The van der Waals surface area contributed by atoms with E-state index in [1.165, 1.54) is 27.5 Å². The van der Waals surface area contributed by atoms with Crippen molar-refractivity contribution in [2.45, 2.75) is 77.7 Å². The Labute approximate surface area is 214 Å². The molecule has 0 heterocycles. The molecule has 4 heteroatoms. The fourth-order valence-corrected chi connectivity index (χ4v) is 6.95. The summed E-state index contributed by atoms with van der Waals surface area (Å²) < 4.78 is 0. The molecule has 1 unspecified atom stereocenters. The maximum absolute atomic E-state index is 12.3. The number of aryl methyl sites for hydroxylation is 1. The van der Waals surface area contributed by atoms with Crippen LogP contribution in [0.2, 0.25) is 0 Å². The van der Waals surface area contributed by atoms with Crippen LogP contribution in [-0.2, 0) is 28.1 Å². The number of aliphatic carboxylic acids is 1. The largest absolute Gasteiger partial charge is 0.481 e. The van der Waals surface area contributed by atoms with Gasteiger partial charge >= 0.3 is 5.97 Å². The number of hydrogen-bond donors (Lipinski definition) is 1. The summed E-state index contributed by atoms with van der Waals surface area (Å²) in [6, 6.07) is 19.3. The third-order valence-electron chi connectivity index (χ3n) is 8.98. The lowest BCUT2D eigenvalue weighted by Gasteiger charge is -2.53. The maximum atomic E-state index is 12.3. The van der Waals surface area contributed by atoms with Gasteiger partial charge in [-0.25, -0.2) is 0 Å². The first-order valence-corrected chi connectivity index (χ1v) is 13.3. The smallest absolute Gasteiger partial charge is 0.309 e. The van der Waals surface area contributed by atoms with Crippen molar-refractivity contribution in [1.29, 1.82) is 0 Å². The summed E-state index contributed by atoms with van der Waals surface area (Å²) in [6.45, 7) is 9.10. The summed E-state index contributed by atoms with van der Waals surface area (Å²) in [7, 11) is 0. The van der Waals surface area contributed by atoms with E-state index in [2.05, 4.69) is 68.4 Å². The van der Waals surface area contributed by atoms with Crippen LogP contribution in [0.3, 0.4) is 0 Å². The van der Waals surface area contributed by atoms with Crippen LogP contribution < -0.4 is 0 Å². The monoisotopic (exact) mass is 483 g/mol. The van der Waals surface area contributed by atoms with Crippen molar-refractivity contribution in [2.75, 3.05) is 0 Å². The minimum atomic E-state index is -0.668. The van der Waals surface area contributed by atoms with Crippen molar-refractivity contribution in [2.24, 2.45) is 16.5 Å². The molecule has 3 aromatic rings. The van der Waals surface area contributed by atoms with E-state index >= 15 is 0 Å². The highest BCUT2D eigenvalue weighted by molar-refractivity contribution is 5.84. The topological polar surface area (TPSA) is 58.9 Å². The molecular weight excluding hydrogens is 446 g/mol. The molecule has 188 valence electrons. The van der Waals surface area contributed by atoms with Gasteiger partial charge in [0.05, 0.1) is 11.6 Å². The first kappa shape index (κ1) is 24.5. The van der Waals surface area contributed by atoms with E-state index in [1.54, 1.807) is 0 Å². The van der Waals surface area contributed by atoms with Crippen LogP contribution in [0.25, 0.3) is 10.8 Å². The van der Waals surface area contributed by atoms with Crippen molar-refractivity contribution < 1.29 is 14.7 Å². The highest BCUT2D eigenvalue weighted by atomic mass is 16.6. The number of fused-ring (bicyclic) bond motifs is 4. The zero-order valence-electron chi connectivity index (χ0n) is 21.9. The lowest BCUT2D eigenvalue weighted by atomic mass is 9.49. The number of nitrogens with zero attached hydrogens (tertiary/aromatic N) is 1. The Kier molecular flexibility index (Phi) is 6.40. The van der Waals surface area contributed by atoms with Crippen molar-refractivity contribution in [3.63, 3.8) is 0 Å². The molecule has 0 amide bonds. The number of hydrogen-bond acceptors (Lipinski definition) is 3. The van der Waals surface area contributed by atoms with Crippen LogP contribution in [0.5, 0.6) is 0 Å². The molecular formula is C32H37NO3. The van der Waals surface area contributed by atoms with Crippen LogP contribution >= 0.6 is 0 Å². The number of oxime groups is 1. The van der Waals surface area contributed by atoms with Gasteiger partial charge in [0, 0.05) is 0 Å². The van der Waals surface area contributed by atoms with Crippen molar-refractivity contribution in [3.05, 3.63) is 82.4 Å². The fraction of sp³-hybridized carbons (Fsp3) is 0.438. The summed E-state index contributed by atoms with van der Waals surface area (Å²) >= 11 is 0. The number of carboxylic acid groups (broad SMARTS) is 1. The Morgan fingerprint density at radius 1 is 1.11 bits per heavy atom. The summed E-state index contributed by atoms with van der Waals surface area (Å²) in [5.41, 5.74) is 5.32. The lowest BCUT2D eigenvalue weighted by molar-refractivity contribution is -0.157. The molecule has 0 aromatic heterocycles. The van der Waals surface area contributed by atoms with Gasteiger partial charge in [0.25, 0.3) is 0 Å². The number of carboxylic acids is 1. The molecule has 0 bridgehead atoms. The highest BCUT2D eigenvalue weighted by Crippen LogP contribution is 2.57. The van der Waals surface area contributed by atoms with Crippen LogP contribution in [0, 0.1) is 11.3 Å². The van der Waals surface area contributed by atoms with Gasteiger partial charge in [-0.2, -0.15) is 0 Å². The Morgan fingerprint density at radius 3 is 2.64 bits per heavy atom. The predicted molar refractivity (Wildman–Crippen MR) is 146 cm³/mol. The molecule has 3 aromatic carbocycles. The van der Waals surface area contributed by atoms with Gasteiger partial charge in [-0.05, 0) is 101 Å². The van der Waals surface area contributed by atoms with E-state index < -0.39 is 11.4 Å². The number of benzene rings is 3. The van der Waals surface area contributed by atoms with Gasteiger partial charge in [-0.1, -0.05) is 74.8 Å². The summed E-state index contributed by atoms with van der Waals surface area (Å²) in [6.07, 6.45) is 6.46. The molecule has 4 nitrogen and oxygen atoms in total. The molecule has 2 aliphatic rings. The van der Waals surface area contributed by atoms with E-state index in [0.29, 0.717) is 12.5 Å². The second kappa shape index (κ2) is 9.38. The van der Waals surface area contributed by atoms with E-state index in [9.17, 15) is 9.90 Å². The average Bonchev–Trinajstić information content (AvgIpc) is 2.86. The molecule has 5 rings (SSSR count). The minimum Gasteiger partial charge on any atom is -0.481 e. The van der Waals surface area contributed by atoms with Crippen LogP contribution in [0.4, 0.5) is 0 Å². The third kappa shape index (κ3) is 4.21. The molecule has 2 aliphatic carbocycles. The van der Waals surface area contributed by atoms with Crippen molar-refractivity contribution >= 4 is 23.0 Å². The summed E-state index contributed by atoms with van der Waals surface area (Å²) in [5.74, 6) is -0.148. The number of carbonyl (C=O) groups is 1. The molecule has 3 atom stereocenters. The van der Waals surface area contributed by atoms with Crippen LogP contribution in [0.1, 0.15) is 87.1 Å². The van der Waals surface area contributed by atoms with E-state index in [0.717, 1.165) is 43.2 Å². The summed E-state index contributed by atoms with van der Waals surface area (Å²) in [4.78, 5) is 18.1. The maximum Gasteiger partial charge on any atom is 0.309 e. The zero-order chi connectivity index (χ0) is 25.5. The van der Waals surface area contributed by atoms with Crippen LogP contribution in [0.15, 0.2) is 59.8 Å². The molecule has 1 N–H and O–H groups in total. The molecule has 36 heavy (non-hydrogen) atoms. The standard InChI is InChI=1S/C32H37NO3/c1-21(2)27-17-25-12-13-29-31(3,14-7-15-32(29,4)30(34)35)28(25)18-26(27)19-33-36-20-22-10-11-23-8-5-6-9-24(23)16-22/h5-6,8-11,16-19,21,29H,7,12-15,20H2,1-4H3,(H,34,35)/b33-19+/t29?,31-,32-/m1/s1. The van der Waals surface area contributed by atoms with Gasteiger partial charge in [0.15, 0.2) is 0 Å². The van der Waals surface area contributed by atoms with Crippen molar-refractivity contribution in [3.8, 4) is 0 Å². The Bertz CT molecular complexity index is 1330. The van der Waals surface area contributed by atoms with Gasteiger partial charge in [0.2, 0.25) is 0 Å². The third-order valence-corrected chi connectivity index (χ3v) is 8.98. The van der Waals surface area contributed by atoms with Gasteiger partial charge in [-0.3, -0.25) is 4.79 Å². The van der Waals surface area contributed by atoms with E-state index in [-0.39, 0.29) is 11.3 Å². The second-order valence-electron chi connectivity index (χ2n) is 11.6. The van der Waals surface area contributed by atoms with E-state index in [4.69, 9.17) is 4.84 Å². The minimum absolute atomic E-state index is 0.136. The Hall–Kier alpha value is -3.14. The van der Waals surface area contributed by atoms with Crippen LogP contribution in [-0.4, -0.2) is 17.3 Å². The second-order valence-corrected chi connectivity index (χ2v) is 11.6. The molecule has 0 radical (unpaired) electrons. The highest BCUT2D eigenvalue weighted by Gasteiger charge is 2.55. The molecule has 0 spiro atoms. The summed E-state index contributed by atoms with van der Waals surface area (Å²) in [5, 5.41) is 16.9. The fourth-order valence-electron chi connectivity index (χ4n) is 6.95. The molecule has 0 aliphatic heterocycles. The molecule has 1 fully saturated rings. The number of rotatable bonds is 6. The zero-order valence-corrected chi connectivity index (χ0v) is 21.9. The van der Waals surface area contributed by atoms with Gasteiger partial charge in [-0.15, -0.1) is 0 Å². The lowest BCUT2D eigenvalue weighted by Crippen LogP contribution is -2.52. The Balaban J connectivity index is 1.42. The average molecular weight is 484 g/mol. The Morgan fingerprint density at radius 2 is 1.89 bits per heavy atom. The first-order chi connectivity index (χ1) is 17.2. The molecule has 0 saturated heterocycles. The van der Waals surface area contributed by atoms with Gasteiger partial charge < -0.3 is 9.94 Å². The SMILES string of the molecule is CC(C)c1cc2c(cc1/C=N/OCc1ccc3ccccc3c1)[C@@]1(C)CCC[C@@](C)(C(=O)O)C1CC2. The normalized spacial score (nSPS) is 25.6. The van der Waals surface area contributed by atoms with Gasteiger partial charge in [0.1, 0.15) is 6.61 Å². The van der Waals surface area contributed by atoms with E-state index in [1.807, 2.05) is 25.3 Å². The molecule has 1 saturated carbocycles. The first-order valence-electron chi connectivity index (χ1n) is 13.3. The van der Waals surface area contributed by atoms with Crippen molar-refractivity contribution in [1.82, 2.24) is 0 Å².